The molecule has 0 radical (unpaired) electrons. The van der Waals surface area contributed by atoms with E-state index < -0.39 is 0 Å². The van der Waals surface area contributed by atoms with Crippen molar-refractivity contribution in [3.63, 3.8) is 0 Å². The number of ether oxygens (including phenoxy) is 2. The van der Waals surface area contributed by atoms with E-state index >= 15 is 0 Å². The fourth-order valence-corrected chi connectivity index (χ4v) is 2.87. The maximum atomic E-state index is 13.7. The van der Waals surface area contributed by atoms with Crippen LogP contribution in [0.3, 0.4) is 0 Å². The van der Waals surface area contributed by atoms with Crippen molar-refractivity contribution in [3.05, 3.63) is 29.6 Å². The first-order chi connectivity index (χ1) is 9.69. The summed E-state index contributed by atoms with van der Waals surface area (Å²) in [6.45, 7) is 2.58. The number of methoxy groups -OCH3 is 2. The van der Waals surface area contributed by atoms with Gasteiger partial charge in [-0.2, -0.15) is 0 Å². The van der Waals surface area contributed by atoms with Gasteiger partial charge >= 0.3 is 0 Å². The third-order valence-electron chi connectivity index (χ3n) is 4.19. The van der Waals surface area contributed by atoms with Gasteiger partial charge in [-0.05, 0) is 42.4 Å². The topological polar surface area (TPSA) is 30.5 Å². The van der Waals surface area contributed by atoms with Gasteiger partial charge in [0.15, 0.2) is 11.6 Å². The average Bonchev–Trinajstić information content (AvgIpc) is 2.40. The van der Waals surface area contributed by atoms with Crippen molar-refractivity contribution in [2.75, 3.05) is 33.9 Å². The van der Waals surface area contributed by atoms with Crippen LogP contribution < -0.4 is 10.1 Å². The van der Waals surface area contributed by atoms with E-state index in [1.165, 1.54) is 26.4 Å². The lowest BCUT2D eigenvalue weighted by atomic mass is 9.65. The van der Waals surface area contributed by atoms with E-state index in [1.54, 1.807) is 19.2 Å². The van der Waals surface area contributed by atoms with Crippen molar-refractivity contribution in [2.24, 2.45) is 5.41 Å². The molecule has 0 amide bonds. The normalized spacial score (nSPS) is 16.8. The lowest BCUT2D eigenvalue weighted by Gasteiger charge is -2.42. The number of halogens is 1. The highest BCUT2D eigenvalue weighted by Crippen LogP contribution is 2.43. The maximum absolute atomic E-state index is 13.7. The Morgan fingerprint density at radius 3 is 2.65 bits per heavy atom. The first-order valence-corrected chi connectivity index (χ1v) is 7.21. The van der Waals surface area contributed by atoms with Crippen molar-refractivity contribution >= 4 is 0 Å². The highest BCUT2D eigenvalue weighted by atomic mass is 19.1. The molecule has 1 aromatic rings. The molecule has 1 N–H and O–H groups in total. The number of nitrogens with one attached hydrogen (secondary N) is 1. The highest BCUT2D eigenvalue weighted by molar-refractivity contribution is 5.30. The molecular formula is C16H24FNO2. The van der Waals surface area contributed by atoms with Gasteiger partial charge in [-0.3, -0.25) is 0 Å². The molecule has 0 aromatic heterocycles. The summed E-state index contributed by atoms with van der Waals surface area (Å²) in [5.41, 5.74) is 1.34. The first kappa shape index (κ1) is 15.3. The molecule has 1 saturated carbocycles. The summed E-state index contributed by atoms with van der Waals surface area (Å²) in [5, 5.41) is 3.44. The van der Waals surface area contributed by atoms with Crippen LogP contribution >= 0.6 is 0 Å². The molecule has 0 heterocycles. The summed E-state index contributed by atoms with van der Waals surface area (Å²) in [6, 6.07) is 5.29. The van der Waals surface area contributed by atoms with Crippen LogP contribution in [-0.4, -0.2) is 33.9 Å². The van der Waals surface area contributed by atoms with Gasteiger partial charge in [0, 0.05) is 20.2 Å². The van der Waals surface area contributed by atoms with Crippen LogP contribution in [0.15, 0.2) is 18.2 Å². The van der Waals surface area contributed by atoms with Gasteiger partial charge in [-0.15, -0.1) is 0 Å². The van der Waals surface area contributed by atoms with E-state index in [2.05, 4.69) is 5.32 Å². The monoisotopic (exact) mass is 281 g/mol. The van der Waals surface area contributed by atoms with Crippen molar-refractivity contribution in [2.45, 2.75) is 25.7 Å². The van der Waals surface area contributed by atoms with Crippen LogP contribution in [0, 0.1) is 11.2 Å². The average molecular weight is 281 g/mol. The molecule has 2 rings (SSSR count). The molecule has 1 aliphatic carbocycles. The van der Waals surface area contributed by atoms with Gasteiger partial charge in [0.25, 0.3) is 0 Å². The van der Waals surface area contributed by atoms with Crippen LogP contribution in [0.4, 0.5) is 4.39 Å². The van der Waals surface area contributed by atoms with Gasteiger partial charge in [-0.25, -0.2) is 4.39 Å². The van der Waals surface area contributed by atoms with Gasteiger partial charge in [0.2, 0.25) is 0 Å². The van der Waals surface area contributed by atoms with E-state index in [0.29, 0.717) is 5.75 Å². The lowest BCUT2D eigenvalue weighted by molar-refractivity contribution is 0.123. The first-order valence-electron chi connectivity index (χ1n) is 7.21. The summed E-state index contributed by atoms with van der Waals surface area (Å²) in [5.74, 6) is 0.0430. The number of rotatable bonds is 8. The Labute approximate surface area is 120 Å². The molecule has 0 aliphatic heterocycles. The third-order valence-corrected chi connectivity index (χ3v) is 4.19. The van der Waals surface area contributed by atoms with Gasteiger partial charge in [-0.1, -0.05) is 12.5 Å². The summed E-state index contributed by atoms with van der Waals surface area (Å²) < 4.78 is 23.7. The van der Waals surface area contributed by atoms with Crippen molar-refractivity contribution < 1.29 is 13.9 Å². The quantitative estimate of drug-likeness (QED) is 0.743. The minimum atomic E-state index is -0.271. The zero-order valence-corrected chi connectivity index (χ0v) is 12.4. The molecule has 0 saturated heterocycles. The van der Waals surface area contributed by atoms with Crippen LogP contribution in [0.5, 0.6) is 5.75 Å². The van der Waals surface area contributed by atoms with Crippen LogP contribution in [0.1, 0.15) is 24.8 Å². The molecule has 1 fully saturated rings. The molecule has 112 valence electrons. The second-order valence-corrected chi connectivity index (χ2v) is 5.67. The molecule has 0 unspecified atom stereocenters. The molecule has 0 spiro atoms. The van der Waals surface area contributed by atoms with Crippen LogP contribution in [0.2, 0.25) is 0 Å². The summed E-state index contributed by atoms with van der Waals surface area (Å²) in [7, 11) is 3.20. The molecule has 20 heavy (non-hydrogen) atoms. The minimum absolute atomic E-state index is 0.271. The molecule has 1 aromatic carbocycles. The summed E-state index contributed by atoms with van der Waals surface area (Å²) in [6.07, 6.45) is 4.61. The number of hydrogen-bond acceptors (Lipinski definition) is 3. The van der Waals surface area contributed by atoms with E-state index in [4.69, 9.17) is 9.47 Å². The van der Waals surface area contributed by atoms with E-state index in [1.807, 2.05) is 6.07 Å². The highest BCUT2D eigenvalue weighted by Gasteiger charge is 2.36. The van der Waals surface area contributed by atoms with E-state index in [0.717, 1.165) is 31.7 Å². The molecule has 0 bridgehead atoms. The summed E-state index contributed by atoms with van der Waals surface area (Å²) >= 11 is 0. The Bertz CT molecular complexity index is 432. The lowest BCUT2D eigenvalue weighted by Crippen LogP contribution is -2.42. The Morgan fingerprint density at radius 1 is 1.30 bits per heavy atom. The number of hydrogen-bond donors (Lipinski definition) is 1. The fraction of sp³-hybridized carbons (Fsp3) is 0.625. The van der Waals surface area contributed by atoms with E-state index in [-0.39, 0.29) is 11.2 Å². The molecule has 3 nitrogen and oxygen atoms in total. The van der Waals surface area contributed by atoms with Gasteiger partial charge < -0.3 is 14.8 Å². The zero-order chi connectivity index (χ0) is 14.4. The van der Waals surface area contributed by atoms with Gasteiger partial charge in [0.1, 0.15) is 0 Å². The van der Waals surface area contributed by atoms with Crippen molar-refractivity contribution in [1.82, 2.24) is 5.32 Å². The Morgan fingerprint density at radius 2 is 2.10 bits per heavy atom. The smallest absolute Gasteiger partial charge is 0.165 e. The van der Waals surface area contributed by atoms with Crippen molar-refractivity contribution in [3.8, 4) is 5.75 Å². The third kappa shape index (κ3) is 3.70. The van der Waals surface area contributed by atoms with E-state index in [9.17, 15) is 4.39 Å². The van der Waals surface area contributed by atoms with Crippen LogP contribution in [-0.2, 0) is 11.2 Å². The molecule has 4 heteroatoms. The SMILES string of the molecule is COCCNCC1(Cc2ccc(OC)c(F)c2)CCC1. The largest absolute Gasteiger partial charge is 0.494 e. The minimum Gasteiger partial charge on any atom is -0.494 e. The Balaban J connectivity index is 1.93. The molecular weight excluding hydrogens is 257 g/mol. The number of benzene rings is 1. The van der Waals surface area contributed by atoms with Gasteiger partial charge in [0.05, 0.1) is 13.7 Å². The molecule has 1 aliphatic rings. The second kappa shape index (κ2) is 7.04. The predicted octanol–water partition coefficient (Wildman–Crippen LogP) is 2.78. The van der Waals surface area contributed by atoms with Crippen LogP contribution in [0.25, 0.3) is 0 Å². The Kier molecular flexibility index (Phi) is 5.38. The predicted molar refractivity (Wildman–Crippen MR) is 77.7 cm³/mol. The second-order valence-electron chi connectivity index (χ2n) is 5.67. The van der Waals surface area contributed by atoms with Crippen molar-refractivity contribution in [1.29, 1.82) is 0 Å². The Hall–Kier alpha value is -1.13. The fourth-order valence-electron chi connectivity index (χ4n) is 2.87. The standard InChI is InChI=1S/C16H24FNO2/c1-19-9-8-18-12-16(6-3-7-16)11-13-4-5-15(20-2)14(17)10-13/h4-5,10,18H,3,6-9,11-12H2,1-2H3. The maximum Gasteiger partial charge on any atom is 0.165 e. The zero-order valence-electron chi connectivity index (χ0n) is 12.4. The molecule has 0 atom stereocenters. The summed E-state index contributed by atoms with van der Waals surface area (Å²) in [4.78, 5) is 0.